The number of aryl methyl sites for hydroxylation is 1. The normalized spacial score (nSPS) is 8.59. The number of nitrogens with zero attached hydrogens (tertiary/aromatic N) is 28. The monoisotopic (exact) mass is 1720 g/mol. The predicted octanol–water partition coefficient (Wildman–Crippen LogP) is 24.4. The Balaban J connectivity index is 0. The zero-order valence-corrected chi connectivity index (χ0v) is 78.7. The summed E-state index contributed by atoms with van der Waals surface area (Å²) in [5.74, 6) is 0. The average molecular weight is 1720 g/mol. The molecule has 28 heteroatoms. The number of hydrogen-bond donors (Lipinski definition) is 0. The van der Waals surface area contributed by atoms with E-state index in [2.05, 4.69) is 187 Å². The Morgan fingerprint density at radius 3 is 1.05 bits per heavy atom. The van der Waals surface area contributed by atoms with Crippen LogP contribution in [0.2, 0.25) is 0 Å². The molecule has 21 rings (SSSR count). The zero-order chi connectivity index (χ0) is 94.8. The van der Waals surface area contributed by atoms with Crippen LogP contribution in [0.15, 0.2) is 375 Å². The molecule has 670 valence electrons. The Morgan fingerprint density at radius 2 is 0.609 bits per heavy atom. The van der Waals surface area contributed by atoms with E-state index in [4.69, 9.17) is 0 Å². The number of aromatic nitrogens is 28. The Bertz CT molecular complexity index is 4960. The maximum absolute atomic E-state index is 4.64. The molecule has 0 unspecified atom stereocenters. The third-order valence-corrected chi connectivity index (χ3v) is 13.7. The van der Waals surface area contributed by atoms with Crippen molar-refractivity contribution in [1.29, 1.82) is 0 Å². The van der Waals surface area contributed by atoms with Crippen LogP contribution < -0.4 is 0 Å². The van der Waals surface area contributed by atoms with Crippen molar-refractivity contribution in [3.8, 4) is 0 Å². The second-order valence-corrected chi connectivity index (χ2v) is 20.7. The van der Waals surface area contributed by atoms with Crippen LogP contribution in [-0.2, 0) is 0 Å². The molecular weight excluding hydrogens is 1590 g/mol. The molecule has 0 aliphatic rings. The second kappa shape index (κ2) is 83.6. The molecule has 0 saturated carbocycles. The van der Waals surface area contributed by atoms with Crippen LogP contribution in [0.25, 0.3) is 82.8 Å². The van der Waals surface area contributed by atoms with Crippen LogP contribution in [0, 0.1) is 6.92 Å². The van der Waals surface area contributed by atoms with E-state index < -0.39 is 0 Å². The largest absolute Gasteiger partial charge is 0.307 e. The first-order valence-electron chi connectivity index (χ1n) is 43.2. The molecule has 0 aliphatic heterocycles. The van der Waals surface area contributed by atoms with Gasteiger partial charge in [-0.3, -0.25) is 39.3 Å². The molecule has 128 heavy (non-hydrogen) atoms. The maximum atomic E-state index is 4.64. The number of fused-ring (bicyclic) bond motifs is 9. The summed E-state index contributed by atoms with van der Waals surface area (Å²) >= 11 is 0. The molecule has 17 heterocycles. The van der Waals surface area contributed by atoms with Crippen LogP contribution in [0.1, 0.15) is 158 Å². The third-order valence-electron chi connectivity index (χ3n) is 13.7. The molecule has 17 aromatic heterocycles. The van der Waals surface area contributed by atoms with Crippen molar-refractivity contribution in [1.82, 2.24) is 138 Å². The first-order valence-corrected chi connectivity index (χ1v) is 43.2. The Morgan fingerprint density at radius 1 is 0.203 bits per heavy atom. The Labute approximate surface area is 756 Å². The number of hydrogen-bond acceptors (Lipinski definition) is 25. The van der Waals surface area contributed by atoms with E-state index in [-0.39, 0.29) is 0 Å². The van der Waals surface area contributed by atoms with E-state index in [0.29, 0.717) is 5.65 Å². The highest BCUT2D eigenvalue weighted by Gasteiger charge is 2.04. The van der Waals surface area contributed by atoms with Gasteiger partial charge >= 0.3 is 0 Å². The first kappa shape index (κ1) is 114. The summed E-state index contributed by atoms with van der Waals surface area (Å²) in [6, 6.07) is 53.9. The van der Waals surface area contributed by atoms with E-state index >= 15 is 0 Å². The summed E-state index contributed by atoms with van der Waals surface area (Å²) in [5, 5.41) is 18.9. The van der Waals surface area contributed by atoms with Crippen LogP contribution in [-0.4, -0.2) is 138 Å². The number of pyridine rings is 5. The highest BCUT2D eigenvalue weighted by molar-refractivity contribution is 5.97. The summed E-state index contributed by atoms with van der Waals surface area (Å²) in [6.07, 6.45) is 56.9. The minimum absolute atomic E-state index is 0.699. The molecular formula is C100H130N28. The fraction of sp³-hybridized carbons (Fsp3) is 0.230. The van der Waals surface area contributed by atoms with Gasteiger partial charge < -0.3 is 8.80 Å². The highest BCUT2D eigenvalue weighted by atomic mass is 15.1. The SMILES string of the molecule is CC.CC.CC.CC.CC.CC.CC.CC.CC.CC.CC.Cc1c2ccccc2nc2ccccc12.c1cc2nccn2cn1.c1cc2nccnc2cn1.c1ccc2nc3ccccc3cc2c1.c1ccn2ccnc2c1.c1ccnnc1.c1cn2ccnc2cn1.c1cnc2nccnc2c1.c1cnccn1.c1cncnc1.c1cnncn1.c1ncncn1. The fourth-order valence-electron chi connectivity index (χ4n) is 8.97. The summed E-state index contributed by atoms with van der Waals surface area (Å²) in [7, 11) is 0. The molecule has 21 aromatic rings. The van der Waals surface area contributed by atoms with Gasteiger partial charge in [0.1, 0.15) is 60.3 Å². The number of para-hydroxylation sites is 4. The first-order chi connectivity index (χ1) is 63.6. The van der Waals surface area contributed by atoms with Crippen LogP contribution in [0.3, 0.4) is 0 Å². The molecule has 4 aromatic carbocycles. The van der Waals surface area contributed by atoms with E-state index in [0.717, 1.165) is 55.6 Å². The lowest BCUT2D eigenvalue weighted by atomic mass is 10.0. The van der Waals surface area contributed by atoms with Crippen molar-refractivity contribution in [3.05, 3.63) is 381 Å². The molecule has 28 nitrogen and oxygen atoms in total. The number of imidazole rings is 3. The van der Waals surface area contributed by atoms with Gasteiger partial charge in [0.15, 0.2) is 11.3 Å². The molecule has 0 spiro atoms. The predicted molar refractivity (Wildman–Crippen MR) is 530 cm³/mol. The van der Waals surface area contributed by atoms with Crippen molar-refractivity contribution >= 4 is 82.8 Å². The standard InChI is InChI=1S/C14H11N.C13H9N.2C7H5N3.C7H6N2.2C6H5N3.3C4H4N2.2C3H3N3.11C2H6/c1-10-11-6-2-4-8-13(11)15-14-9-5-3-7-12(10)14;1-3-7-12-10(5-1)9-11-6-2-4-8-13(11)14-12;1-2-8-5-7-6(1)9-3-4-10-7;1-2-6-7(9-3-1)10-5-4-8-6;1-2-5-9-6-4-8-7(9)3-1;1-3-9-4-2-8-6(9)5-7-1;1-2-7-5-9-4-3-8-6(1)9;1-2-6-4-3-5-1;1-2-5-4-6-3-1;1-2-4-6-5-3-1;1-4-2-6-3-5-1;1-2-5-6-3-4-1;11*1-2/h2-9H,1H3;1-9H;2*1-5H;1-6H;2*1-5H;3*1-4H;2*1-3H;11*1-2H3. The summed E-state index contributed by atoms with van der Waals surface area (Å²) in [4.78, 5) is 82.4. The molecule has 0 bridgehead atoms. The van der Waals surface area contributed by atoms with Gasteiger partial charge in [0.2, 0.25) is 0 Å². The van der Waals surface area contributed by atoms with Crippen molar-refractivity contribution in [2.75, 3.05) is 0 Å². The summed E-state index contributed by atoms with van der Waals surface area (Å²) < 4.78 is 5.74. The van der Waals surface area contributed by atoms with Crippen LogP contribution in [0.4, 0.5) is 0 Å². The van der Waals surface area contributed by atoms with Gasteiger partial charge in [-0.1, -0.05) is 231 Å². The van der Waals surface area contributed by atoms with Gasteiger partial charge in [0, 0.05) is 176 Å². The lowest BCUT2D eigenvalue weighted by molar-refractivity contribution is 0.969. The third kappa shape index (κ3) is 48.3. The van der Waals surface area contributed by atoms with E-state index in [1.54, 1.807) is 149 Å². The van der Waals surface area contributed by atoms with Gasteiger partial charge in [-0.2, -0.15) is 15.3 Å². The van der Waals surface area contributed by atoms with Gasteiger partial charge in [0.25, 0.3) is 0 Å². The highest BCUT2D eigenvalue weighted by Crippen LogP contribution is 2.25. The average Bonchev–Trinajstić information content (AvgIpc) is 1.25. The molecule has 0 atom stereocenters. The van der Waals surface area contributed by atoms with Crippen molar-refractivity contribution in [3.63, 3.8) is 0 Å². The van der Waals surface area contributed by atoms with Gasteiger partial charge in [0.05, 0.1) is 46.2 Å². The zero-order valence-electron chi connectivity index (χ0n) is 78.7. The Kier molecular flexibility index (Phi) is 74.8. The quantitative estimate of drug-likeness (QED) is 0.127. The minimum atomic E-state index is 0.699. The van der Waals surface area contributed by atoms with Crippen molar-refractivity contribution in [2.45, 2.75) is 159 Å². The van der Waals surface area contributed by atoms with Crippen molar-refractivity contribution < 1.29 is 0 Å². The van der Waals surface area contributed by atoms with Gasteiger partial charge in [-0.05, 0) is 97.4 Å². The lowest BCUT2D eigenvalue weighted by Crippen LogP contribution is -1.86. The maximum Gasteiger partial charge on any atom is 0.178 e. The van der Waals surface area contributed by atoms with E-state index in [1.165, 1.54) is 64.9 Å². The van der Waals surface area contributed by atoms with Crippen LogP contribution in [0.5, 0.6) is 0 Å². The lowest BCUT2D eigenvalue weighted by Gasteiger charge is -2.05. The molecule has 0 saturated heterocycles. The van der Waals surface area contributed by atoms with E-state index in [9.17, 15) is 0 Å². The second-order valence-electron chi connectivity index (χ2n) is 20.7. The minimum Gasteiger partial charge on any atom is -0.307 e. The molecule has 0 aliphatic carbocycles. The fourth-order valence-corrected chi connectivity index (χ4v) is 8.97. The van der Waals surface area contributed by atoms with Crippen molar-refractivity contribution in [2.24, 2.45) is 0 Å². The van der Waals surface area contributed by atoms with E-state index in [1.807, 2.05) is 300 Å². The molecule has 0 fully saturated rings. The van der Waals surface area contributed by atoms with Gasteiger partial charge in [-0.25, -0.2) is 69.8 Å². The molecule has 0 amide bonds. The number of benzene rings is 4. The number of rotatable bonds is 0. The van der Waals surface area contributed by atoms with Crippen LogP contribution >= 0.6 is 0 Å². The molecule has 0 N–H and O–H groups in total. The van der Waals surface area contributed by atoms with Gasteiger partial charge in [-0.15, -0.1) is 5.10 Å². The Hall–Kier alpha value is -15.6. The molecule has 0 radical (unpaired) electrons. The topological polar surface area (TPSA) is 335 Å². The summed E-state index contributed by atoms with van der Waals surface area (Å²) in [5.41, 5.74) is 11.7. The smallest absolute Gasteiger partial charge is 0.178 e. The summed E-state index contributed by atoms with van der Waals surface area (Å²) in [6.45, 7) is 46.2.